The highest BCUT2D eigenvalue weighted by molar-refractivity contribution is 6.07. The van der Waals surface area contributed by atoms with Crippen molar-refractivity contribution >= 4 is 29.0 Å². The molecule has 31 heavy (non-hydrogen) atoms. The van der Waals surface area contributed by atoms with Crippen LogP contribution in [-0.2, 0) is 4.79 Å². The van der Waals surface area contributed by atoms with Crippen LogP contribution in [0.15, 0.2) is 72.8 Å². The molecule has 0 heterocycles. The number of carbonyl (C=O) groups is 3. The summed E-state index contributed by atoms with van der Waals surface area (Å²) in [5.74, 6) is -0.786. The molecule has 7 nitrogen and oxygen atoms in total. The smallest absolute Gasteiger partial charge is 0.262 e. The lowest BCUT2D eigenvalue weighted by Crippen LogP contribution is -2.22. The van der Waals surface area contributed by atoms with Gasteiger partial charge in [-0.2, -0.15) is 5.26 Å². The van der Waals surface area contributed by atoms with E-state index in [0.29, 0.717) is 22.5 Å². The number of rotatable bonds is 7. The van der Waals surface area contributed by atoms with E-state index in [2.05, 4.69) is 10.6 Å². The van der Waals surface area contributed by atoms with Crippen molar-refractivity contribution in [3.05, 3.63) is 89.5 Å². The molecule has 7 heteroatoms. The number of Topliss-reactive ketones (excluding diaryl/α,β-unsaturated/α-hetero) is 1. The second-order valence-corrected chi connectivity index (χ2v) is 6.58. The zero-order valence-electron chi connectivity index (χ0n) is 16.7. The molecule has 0 bridgehead atoms. The van der Waals surface area contributed by atoms with Crippen LogP contribution in [0, 0.1) is 11.3 Å². The standard InChI is InChI=1S/C24H19N3O4/c1-16(28)17-8-6-9-19(13-17)26-23(29)15-31-22-12-5-3-10-20(22)24(30)27-21-11-4-2-7-18(21)14-25/h2-13H,15H2,1H3,(H,26,29)(H,27,30). The summed E-state index contributed by atoms with van der Waals surface area (Å²) in [6.45, 7) is 1.12. The van der Waals surface area contributed by atoms with Gasteiger partial charge in [0.05, 0.1) is 16.8 Å². The van der Waals surface area contributed by atoms with Crippen LogP contribution < -0.4 is 15.4 Å². The van der Waals surface area contributed by atoms with Crippen LogP contribution in [0.2, 0.25) is 0 Å². The van der Waals surface area contributed by atoms with Crippen LogP contribution in [0.25, 0.3) is 0 Å². The van der Waals surface area contributed by atoms with E-state index in [0.717, 1.165) is 0 Å². The minimum Gasteiger partial charge on any atom is -0.483 e. The summed E-state index contributed by atoms with van der Waals surface area (Å²) in [6, 6.07) is 21.7. The molecule has 3 aromatic carbocycles. The molecule has 3 aromatic rings. The summed E-state index contributed by atoms with van der Waals surface area (Å²) in [7, 11) is 0. The quantitative estimate of drug-likeness (QED) is 0.569. The first-order valence-corrected chi connectivity index (χ1v) is 9.41. The van der Waals surface area contributed by atoms with Gasteiger partial charge in [0.15, 0.2) is 12.4 Å². The van der Waals surface area contributed by atoms with E-state index in [1.165, 1.54) is 6.92 Å². The maximum absolute atomic E-state index is 12.7. The molecule has 0 spiro atoms. The molecule has 3 rings (SSSR count). The lowest BCUT2D eigenvalue weighted by atomic mass is 10.1. The average Bonchev–Trinajstić information content (AvgIpc) is 2.78. The van der Waals surface area contributed by atoms with Crippen molar-refractivity contribution in [1.29, 1.82) is 5.26 Å². The zero-order valence-corrected chi connectivity index (χ0v) is 16.7. The first kappa shape index (κ1) is 21.3. The number of hydrogen-bond acceptors (Lipinski definition) is 5. The highest BCUT2D eigenvalue weighted by Gasteiger charge is 2.15. The van der Waals surface area contributed by atoms with Gasteiger partial charge < -0.3 is 15.4 Å². The maximum Gasteiger partial charge on any atom is 0.262 e. The highest BCUT2D eigenvalue weighted by atomic mass is 16.5. The van der Waals surface area contributed by atoms with E-state index in [4.69, 9.17) is 4.74 Å². The molecule has 0 radical (unpaired) electrons. The molecule has 0 fully saturated rings. The summed E-state index contributed by atoms with van der Waals surface area (Å²) < 4.78 is 5.56. The Labute approximate surface area is 179 Å². The van der Waals surface area contributed by atoms with Gasteiger partial charge in [0.25, 0.3) is 11.8 Å². The summed E-state index contributed by atoms with van der Waals surface area (Å²) in [5.41, 5.74) is 1.90. The van der Waals surface area contributed by atoms with Crippen molar-refractivity contribution in [3.8, 4) is 11.8 Å². The van der Waals surface area contributed by atoms with E-state index in [1.54, 1.807) is 72.8 Å². The normalized spacial score (nSPS) is 9.94. The second kappa shape index (κ2) is 9.85. The second-order valence-electron chi connectivity index (χ2n) is 6.58. The molecular formula is C24H19N3O4. The van der Waals surface area contributed by atoms with Gasteiger partial charge in [0.2, 0.25) is 0 Å². The number of amides is 2. The van der Waals surface area contributed by atoms with Gasteiger partial charge in [-0.1, -0.05) is 36.4 Å². The summed E-state index contributed by atoms with van der Waals surface area (Å²) >= 11 is 0. The van der Waals surface area contributed by atoms with Gasteiger partial charge in [-0.3, -0.25) is 14.4 Å². The third-order valence-corrected chi connectivity index (χ3v) is 4.34. The number of nitriles is 1. The minimum absolute atomic E-state index is 0.106. The number of hydrogen-bond donors (Lipinski definition) is 2. The van der Waals surface area contributed by atoms with E-state index >= 15 is 0 Å². The average molecular weight is 413 g/mol. The van der Waals surface area contributed by atoms with E-state index in [1.807, 2.05) is 6.07 Å². The molecule has 0 unspecified atom stereocenters. The fourth-order valence-electron chi connectivity index (χ4n) is 2.82. The topological polar surface area (TPSA) is 108 Å². The van der Waals surface area contributed by atoms with Crippen LogP contribution >= 0.6 is 0 Å². The van der Waals surface area contributed by atoms with Gasteiger partial charge in [-0.05, 0) is 43.3 Å². The number of benzene rings is 3. The Morgan fingerprint density at radius 3 is 2.45 bits per heavy atom. The Kier molecular flexibility index (Phi) is 6.76. The molecule has 0 atom stereocenters. The Morgan fingerprint density at radius 1 is 0.935 bits per heavy atom. The van der Waals surface area contributed by atoms with E-state index < -0.39 is 11.8 Å². The van der Waals surface area contributed by atoms with Crippen molar-refractivity contribution in [2.75, 3.05) is 17.2 Å². The Balaban J connectivity index is 1.67. The summed E-state index contributed by atoms with van der Waals surface area (Å²) in [5, 5.41) is 14.5. The van der Waals surface area contributed by atoms with Gasteiger partial charge in [-0.25, -0.2) is 0 Å². The predicted octanol–water partition coefficient (Wildman–Crippen LogP) is 4.03. The number of carbonyl (C=O) groups excluding carboxylic acids is 3. The molecule has 0 aromatic heterocycles. The van der Waals surface area contributed by atoms with Crippen molar-refractivity contribution < 1.29 is 19.1 Å². The molecule has 0 aliphatic rings. The van der Waals surface area contributed by atoms with Crippen LogP contribution in [0.1, 0.15) is 33.2 Å². The molecular weight excluding hydrogens is 394 g/mol. The van der Waals surface area contributed by atoms with Crippen molar-refractivity contribution in [1.82, 2.24) is 0 Å². The number of nitrogens with one attached hydrogen (secondary N) is 2. The summed E-state index contributed by atoms with van der Waals surface area (Å²) in [6.07, 6.45) is 0. The number of ketones is 1. The Hall–Kier alpha value is -4.44. The minimum atomic E-state index is -0.465. The first-order valence-electron chi connectivity index (χ1n) is 9.41. The highest BCUT2D eigenvalue weighted by Crippen LogP contribution is 2.21. The number of ether oxygens (including phenoxy) is 1. The molecule has 0 aliphatic heterocycles. The van der Waals surface area contributed by atoms with Gasteiger partial charge in [0.1, 0.15) is 11.8 Å². The number of anilines is 2. The predicted molar refractivity (Wildman–Crippen MR) is 116 cm³/mol. The SMILES string of the molecule is CC(=O)c1cccc(NC(=O)COc2ccccc2C(=O)Nc2ccccc2C#N)c1. The third-order valence-electron chi connectivity index (χ3n) is 4.34. The van der Waals surface area contributed by atoms with Crippen molar-refractivity contribution in [2.24, 2.45) is 0 Å². The largest absolute Gasteiger partial charge is 0.483 e. The molecule has 2 amide bonds. The van der Waals surface area contributed by atoms with Gasteiger partial charge in [-0.15, -0.1) is 0 Å². The fourth-order valence-corrected chi connectivity index (χ4v) is 2.82. The molecule has 0 saturated heterocycles. The number of para-hydroxylation sites is 2. The maximum atomic E-state index is 12.7. The molecule has 2 N–H and O–H groups in total. The lowest BCUT2D eigenvalue weighted by molar-refractivity contribution is -0.118. The van der Waals surface area contributed by atoms with Crippen LogP contribution in [0.3, 0.4) is 0 Å². The summed E-state index contributed by atoms with van der Waals surface area (Å²) in [4.78, 5) is 36.4. The monoisotopic (exact) mass is 413 g/mol. The van der Waals surface area contributed by atoms with Crippen LogP contribution in [0.4, 0.5) is 11.4 Å². The zero-order chi connectivity index (χ0) is 22.2. The van der Waals surface area contributed by atoms with Crippen LogP contribution in [-0.4, -0.2) is 24.2 Å². The van der Waals surface area contributed by atoms with E-state index in [9.17, 15) is 19.6 Å². The van der Waals surface area contributed by atoms with Gasteiger partial charge in [0, 0.05) is 11.3 Å². The fraction of sp³-hybridized carbons (Fsp3) is 0.0833. The lowest BCUT2D eigenvalue weighted by Gasteiger charge is -2.12. The van der Waals surface area contributed by atoms with Crippen molar-refractivity contribution in [2.45, 2.75) is 6.92 Å². The Morgan fingerprint density at radius 2 is 1.68 bits per heavy atom. The first-order chi connectivity index (χ1) is 15.0. The molecule has 0 saturated carbocycles. The third kappa shape index (κ3) is 5.55. The van der Waals surface area contributed by atoms with E-state index in [-0.39, 0.29) is 23.7 Å². The van der Waals surface area contributed by atoms with Crippen LogP contribution in [0.5, 0.6) is 5.75 Å². The Bertz CT molecular complexity index is 1180. The van der Waals surface area contributed by atoms with Gasteiger partial charge >= 0.3 is 0 Å². The van der Waals surface area contributed by atoms with Crippen molar-refractivity contribution in [3.63, 3.8) is 0 Å². The molecule has 0 aliphatic carbocycles. The number of nitrogens with zero attached hydrogens (tertiary/aromatic N) is 1. The molecule has 154 valence electrons.